The van der Waals surface area contributed by atoms with Crippen molar-refractivity contribution in [1.29, 1.82) is 0 Å². The highest BCUT2D eigenvalue weighted by Gasteiger charge is 2.45. The maximum atomic E-state index is 6.50. The zero-order chi connectivity index (χ0) is 24.0. The van der Waals surface area contributed by atoms with Crippen molar-refractivity contribution < 1.29 is 14.2 Å². The monoisotopic (exact) mass is 511 g/mol. The molecule has 1 fully saturated rings. The fourth-order valence-corrected chi connectivity index (χ4v) is 4.57. The lowest BCUT2D eigenvalue weighted by molar-refractivity contribution is -0.189. The predicted molar refractivity (Wildman–Crippen MR) is 133 cm³/mol. The molecule has 33 heavy (non-hydrogen) atoms. The average Bonchev–Trinajstić information content (AvgIpc) is 3.38. The Bertz CT molecular complexity index is 1040. The zero-order valence-corrected chi connectivity index (χ0v) is 21.3. The first-order chi connectivity index (χ1) is 15.8. The minimum absolute atomic E-state index is 0.292. The molecule has 4 rings (SSSR count). The lowest BCUT2D eigenvalue weighted by Gasteiger charge is -2.30. The van der Waals surface area contributed by atoms with Crippen molar-refractivity contribution in [3.05, 3.63) is 80.8 Å². The number of hydrogen-bond acceptors (Lipinski definition) is 5. The summed E-state index contributed by atoms with van der Waals surface area (Å²) in [6.07, 6.45) is 4.95. The second-order valence-corrected chi connectivity index (χ2v) is 9.12. The van der Waals surface area contributed by atoms with Gasteiger partial charge in [-0.3, -0.25) is 0 Å². The molecule has 1 aliphatic rings. The van der Waals surface area contributed by atoms with Crippen LogP contribution in [0.25, 0.3) is 0 Å². The first kappa shape index (κ1) is 25.8. The van der Waals surface area contributed by atoms with E-state index in [0.717, 1.165) is 11.1 Å². The van der Waals surface area contributed by atoms with Gasteiger partial charge in [-0.1, -0.05) is 46.9 Å². The normalized spacial score (nSPS) is 19.8. The fraction of sp³-hybridized carbons (Fsp3) is 0.375. The van der Waals surface area contributed by atoms with Gasteiger partial charge in [-0.2, -0.15) is 0 Å². The van der Waals surface area contributed by atoms with Crippen LogP contribution in [0.5, 0.6) is 5.75 Å². The molecule has 0 bridgehead atoms. The van der Waals surface area contributed by atoms with E-state index in [2.05, 4.69) is 10.3 Å². The largest absolute Gasteiger partial charge is 0.489 e. The Balaban J connectivity index is 0.000000968. The molecule has 2 heterocycles. The molecule has 0 radical (unpaired) electrons. The maximum absolute atomic E-state index is 6.50. The Labute approximate surface area is 209 Å². The summed E-state index contributed by atoms with van der Waals surface area (Å²) in [4.78, 5) is 4.11. The molecule has 1 N–H and O–H groups in total. The van der Waals surface area contributed by atoms with Crippen LogP contribution in [0.2, 0.25) is 15.1 Å². The highest BCUT2D eigenvalue weighted by Crippen LogP contribution is 2.41. The van der Waals surface area contributed by atoms with Crippen molar-refractivity contribution in [3.8, 4) is 5.75 Å². The predicted octanol–water partition coefficient (Wildman–Crippen LogP) is 5.64. The SMILES string of the molecule is CNC.Cc1cc(C)c(OCC2COC(Cn3ccnc3)(c3ccc(Cl)cc3Cl)O2)c(Cl)c1. The third-order valence-corrected chi connectivity index (χ3v) is 5.77. The van der Waals surface area contributed by atoms with Crippen LogP contribution in [0.4, 0.5) is 0 Å². The minimum atomic E-state index is -1.08. The molecular formula is C24H28Cl3N3O3. The van der Waals surface area contributed by atoms with Crippen LogP contribution < -0.4 is 10.1 Å². The highest BCUT2D eigenvalue weighted by atomic mass is 35.5. The van der Waals surface area contributed by atoms with Crippen molar-refractivity contribution >= 4 is 34.8 Å². The average molecular weight is 513 g/mol. The molecule has 6 nitrogen and oxygen atoms in total. The summed E-state index contributed by atoms with van der Waals surface area (Å²) in [5.41, 5.74) is 2.76. The number of halogens is 3. The van der Waals surface area contributed by atoms with E-state index in [0.29, 0.717) is 46.1 Å². The molecule has 1 saturated heterocycles. The van der Waals surface area contributed by atoms with Gasteiger partial charge >= 0.3 is 0 Å². The van der Waals surface area contributed by atoms with Gasteiger partial charge in [-0.25, -0.2) is 4.98 Å². The molecule has 0 amide bonds. The molecule has 2 atom stereocenters. The third kappa shape index (κ3) is 6.41. The van der Waals surface area contributed by atoms with E-state index in [4.69, 9.17) is 49.0 Å². The first-order valence-electron chi connectivity index (χ1n) is 10.5. The molecule has 2 aromatic carbocycles. The summed E-state index contributed by atoms with van der Waals surface area (Å²) in [5, 5.41) is 4.35. The number of aromatic nitrogens is 2. The molecule has 178 valence electrons. The van der Waals surface area contributed by atoms with Gasteiger partial charge in [0.15, 0.2) is 0 Å². The van der Waals surface area contributed by atoms with Crippen molar-refractivity contribution in [2.75, 3.05) is 27.3 Å². The number of benzene rings is 2. The molecule has 1 aliphatic heterocycles. The Hall–Kier alpha value is -1.80. The van der Waals surface area contributed by atoms with Crippen LogP contribution in [-0.2, 0) is 21.8 Å². The summed E-state index contributed by atoms with van der Waals surface area (Å²) >= 11 is 18.9. The van der Waals surface area contributed by atoms with Gasteiger partial charge in [-0.05, 0) is 57.3 Å². The quantitative estimate of drug-likeness (QED) is 0.463. The Kier molecular flexibility index (Phi) is 9.04. The van der Waals surface area contributed by atoms with Crippen LogP contribution in [-0.4, -0.2) is 43.0 Å². The number of ether oxygens (including phenoxy) is 3. The van der Waals surface area contributed by atoms with Crippen LogP contribution >= 0.6 is 34.8 Å². The summed E-state index contributed by atoms with van der Waals surface area (Å²) in [6.45, 7) is 4.99. The number of nitrogens with one attached hydrogen (secondary N) is 1. The van der Waals surface area contributed by atoms with E-state index in [9.17, 15) is 0 Å². The van der Waals surface area contributed by atoms with Gasteiger partial charge in [-0.15, -0.1) is 0 Å². The highest BCUT2D eigenvalue weighted by molar-refractivity contribution is 6.35. The van der Waals surface area contributed by atoms with E-state index in [-0.39, 0.29) is 6.10 Å². The molecule has 3 aromatic rings. The summed E-state index contributed by atoms with van der Waals surface area (Å²) in [6, 6.07) is 9.19. The number of hydrogen-bond donors (Lipinski definition) is 1. The topological polar surface area (TPSA) is 57.5 Å². The van der Waals surface area contributed by atoms with Gasteiger partial charge in [0.05, 0.1) is 29.5 Å². The van der Waals surface area contributed by atoms with E-state index < -0.39 is 5.79 Å². The molecule has 0 aliphatic carbocycles. The molecule has 0 spiro atoms. The van der Waals surface area contributed by atoms with Crippen molar-refractivity contribution in [2.24, 2.45) is 0 Å². The summed E-state index contributed by atoms with van der Waals surface area (Å²) in [5.74, 6) is -0.426. The van der Waals surface area contributed by atoms with E-state index in [1.54, 1.807) is 24.7 Å². The van der Waals surface area contributed by atoms with Crippen LogP contribution in [0.3, 0.4) is 0 Å². The van der Waals surface area contributed by atoms with Crippen molar-refractivity contribution in [2.45, 2.75) is 32.3 Å². The van der Waals surface area contributed by atoms with E-state index >= 15 is 0 Å². The number of nitrogens with zero attached hydrogens (tertiary/aromatic N) is 2. The fourth-order valence-electron chi connectivity index (χ4n) is 3.64. The lowest BCUT2D eigenvalue weighted by Crippen LogP contribution is -2.34. The molecule has 0 saturated carbocycles. The summed E-state index contributed by atoms with van der Waals surface area (Å²) < 4.78 is 20.5. The van der Waals surface area contributed by atoms with Gasteiger partial charge in [0.2, 0.25) is 5.79 Å². The van der Waals surface area contributed by atoms with Crippen LogP contribution in [0.15, 0.2) is 49.1 Å². The minimum Gasteiger partial charge on any atom is -0.489 e. The Morgan fingerprint density at radius 3 is 2.55 bits per heavy atom. The smallest absolute Gasteiger partial charge is 0.215 e. The second-order valence-electron chi connectivity index (χ2n) is 7.87. The van der Waals surface area contributed by atoms with E-state index in [1.807, 2.05) is 56.9 Å². The molecule has 1 aromatic heterocycles. The van der Waals surface area contributed by atoms with Crippen molar-refractivity contribution in [1.82, 2.24) is 14.9 Å². The molecular weight excluding hydrogens is 485 g/mol. The first-order valence-corrected chi connectivity index (χ1v) is 11.6. The van der Waals surface area contributed by atoms with Gasteiger partial charge in [0.1, 0.15) is 18.5 Å². The standard InChI is InChI=1S/C22H21Cl3N2O3.C2H7N/c1-14-7-15(2)21(20(25)8-14)28-10-17-11-29-22(30-17,12-27-6-5-26-13-27)18-4-3-16(23)9-19(18)24;1-3-2/h3-9,13,17H,10-12H2,1-2H3;3H,1-2H3. The molecule has 2 unspecified atom stereocenters. The van der Waals surface area contributed by atoms with Gasteiger partial charge in [0.25, 0.3) is 0 Å². The lowest BCUT2D eigenvalue weighted by atomic mass is 10.1. The third-order valence-electron chi connectivity index (χ3n) is 4.94. The van der Waals surface area contributed by atoms with Crippen LogP contribution in [0, 0.1) is 13.8 Å². The Morgan fingerprint density at radius 2 is 1.91 bits per heavy atom. The van der Waals surface area contributed by atoms with Crippen molar-refractivity contribution in [3.63, 3.8) is 0 Å². The second kappa shape index (κ2) is 11.6. The number of aryl methyl sites for hydroxylation is 2. The zero-order valence-electron chi connectivity index (χ0n) is 19.1. The van der Waals surface area contributed by atoms with Gasteiger partial charge < -0.3 is 24.1 Å². The number of imidazole rings is 1. The summed E-state index contributed by atoms with van der Waals surface area (Å²) in [7, 11) is 3.75. The van der Waals surface area contributed by atoms with Crippen LogP contribution in [0.1, 0.15) is 16.7 Å². The Morgan fingerprint density at radius 1 is 1.15 bits per heavy atom. The van der Waals surface area contributed by atoms with E-state index in [1.165, 1.54) is 0 Å². The maximum Gasteiger partial charge on any atom is 0.215 e. The molecule has 9 heteroatoms. The van der Waals surface area contributed by atoms with Gasteiger partial charge in [0, 0.05) is 23.0 Å². The number of rotatable bonds is 6.